The number of halogens is 1. The summed E-state index contributed by atoms with van der Waals surface area (Å²) in [6.45, 7) is -0.0173. The number of phenolic OH excluding ortho intramolecular Hbond substituents is 1. The lowest BCUT2D eigenvalue weighted by molar-refractivity contribution is 0.0991. The SMILES string of the molecule is Nc1c(S(=O)(=O)O)cc2cc(S(=O)(=O)O)cc(O)c2c1N=Nc1cc(S(=O)(=O)O)c(Nc2nc(Cl)nc(NCCOCCO)n2)cc1S(=O)(=O)O. The first-order chi connectivity index (χ1) is 23.5. The molecule has 0 saturated carbocycles. The molecule has 4 rings (SSSR count). The molecule has 0 bridgehead atoms. The van der Waals surface area contributed by atoms with Gasteiger partial charge in [-0.2, -0.15) is 48.6 Å². The molecule has 3 aromatic carbocycles. The molecule has 0 saturated heterocycles. The Morgan fingerprint density at radius 3 is 1.98 bits per heavy atom. The summed E-state index contributed by atoms with van der Waals surface area (Å²) in [4.78, 5) is 7.07. The number of fused-ring (bicyclic) bond motifs is 1. The number of rotatable bonds is 14. The van der Waals surface area contributed by atoms with Gasteiger partial charge in [0.25, 0.3) is 40.5 Å². The highest BCUT2D eigenvalue weighted by Gasteiger charge is 2.27. The standard InChI is InChI=1S/C23H23ClN8O15S4/c24-21-28-22(26-1-3-47-4-2-33)30-23(29-21)27-12-8-16(50(41,42)43)13(9-15(12)49(38,39)40)31-32-20-18-10(6-17(19(20)25)51(44,45)46)5-11(7-14(18)34)48(35,36)37/h5-9,33-34H,1-4,25H2,(H,35,36,37)(H,38,39,40)(H,41,42,43)(H,44,45,46)(H2,26,27,28,29,30). The van der Waals surface area contributed by atoms with E-state index in [0.29, 0.717) is 30.3 Å². The van der Waals surface area contributed by atoms with Gasteiger partial charge in [0.1, 0.15) is 31.8 Å². The molecule has 276 valence electrons. The maximum Gasteiger partial charge on any atom is 0.296 e. The summed E-state index contributed by atoms with van der Waals surface area (Å²) in [5.41, 5.74) is 2.23. The van der Waals surface area contributed by atoms with Crippen LogP contribution in [0.1, 0.15) is 0 Å². The lowest BCUT2D eigenvalue weighted by Crippen LogP contribution is -2.14. The van der Waals surface area contributed by atoms with E-state index >= 15 is 0 Å². The van der Waals surface area contributed by atoms with Gasteiger partial charge in [-0.25, -0.2) is 0 Å². The molecule has 10 N–H and O–H groups in total. The largest absolute Gasteiger partial charge is 0.507 e. The van der Waals surface area contributed by atoms with Crippen LogP contribution in [0.5, 0.6) is 5.75 Å². The maximum absolute atomic E-state index is 12.4. The molecular weight excluding hydrogens is 792 g/mol. The summed E-state index contributed by atoms with van der Waals surface area (Å²) in [5, 5.41) is 30.0. The number of aliphatic hydroxyl groups is 1. The Balaban J connectivity index is 1.91. The Hall–Kier alpha value is -4.42. The van der Waals surface area contributed by atoms with Crippen molar-refractivity contribution in [2.75, 3.05) is 42.7 Å². The van der Waals surface area contributed by atoms with Gasteiger partial charge in [0.05, 0.1) is 41.5 Å². The quantitative estimate of drug-likeness (QED) is 0.0377. The van der Waals surface area contributed by atoms with Crippen molar-refractivity contribution >= 4 is 97.5 Å². The third kappa shape index (κ3) is 9.48. The van der Waals surface area contributed by atoms with E-state index in [-0.39, 0.29) is 32.3 Å². The number of hydrogen-bond acceptors (Lipinski definition) is 19. The lowest BCUT2D eigenvalue weighted by atomic mass is 10.1. The summed E-state index contributed by atoms with van der Waals surface area (Å²) < 4.78 is 141. The number of azo groups is 1. The molecule has 0 radical (unpaired) electrons. The van der Waals surface area contributed by atoms with Crippen molar-refractivity contribution in [3.8, 4) is 5.75 Å². The molecule has 23 nitrogen and oxygen atoms in total. The minimum absolute atomic E-state index is 0.0395. The van der Waals surface area contributed by atoms with Gasteiger partial charge in [-0.3, -0.25) is 18.2 Å². The number of ether oxygens (including phenoxy) is 1. The average Bonchev–Trinajstić information content (AvgIpc) is 2.98. The Morgan fingerprint density at radius 1 is 0.765 bits per heavy atom. The van der Waals surface area contributed by atoms with E-state index in [9.17, 15) is 57.0 Å². The first-order valence-electron chi connectivity index (χ1n) is 13.2. The van der Waals surface area contributed by atoms with Crippen molar-refractivity contribution in [1.29, 1.82) is 0 Å². The molecular formula is C23H23ClN8O15S4. The predicted molar refractivity (Wildman–Crippen MR) is 174 cm³/mol. The second kappa shape index (κ2) is 14.7. The fraction of sp³-hybridized carbons (Fsp3) is 0.174. The molecule has 51 heavy (non-hydrogen) atoms. The number of benzene rings is 3. The van der Waals surface area contributed by atoms with Crippen LogP contribution in [0.4, 0.5) is 34.6 Å². The molecule has 28 heteroatoms. The molecule has 0 amide bonds. The monoisotopic (exact) mass is 814 g/mol. The highest BCUT2D eigenvalue weighted by Crippen LogP contribution is 2.44. The number of aliphatic hydroxyl groups excluding tert-OH is 1. The Morgan fingerprint density at radius 2 is 1.39 bits per heavy atom. The minimum atomic E-state index is -5.37. The van der Waals surface area contributed by atoms with Crippen molar-refractivity contribution in [3.05, 3.63) is 35.6 Å². The minimum Gasteiger partial charge on any atom is -0.507 e. The zero-order chi connectivity index (χ0) is 38.1. The van der Waals surface area contributed by atoms with Crippen LogP contribution in [0.15, 0.2) is 60.1 Å². The molecule has 0 unspecified atom stereocenters. The van der Waals surface area contributed by atoms with Crippen LogP contribution < -0.4 is 16.4 Å². The van der Waals surface area contributed by atoms with E-state index in [1.165, 1.54) is 0 Å². The molecule has 0 fully saturated rings. The van der Waals surface area contributed by atoms with E-state index in [0.717, 1.165) is 0 Å². The maximum atomic E-state index is 12.4. The number of hydrogen-bond donors (Lipinski definition) is 9. The molecule has 4 aromatic rings. The highest BCUT2D eigenvalue weighted by atomic mass is 35.5. The third-order valence-electron chi connectivity index (χ3n) is 6.24. The number of aromatic hydroxyl groups is 1. The van der Waals surface area contributed by atoms with Crippen LogP contribution >= 0.6 is 11.6 Å². The van der Waals surface area contributed by atoms with Crippen molar-refractivity contribution in [2.45, 2.75) is 19.6 Å². The molecule has 0 atom stereocenters. The van der Waals surface area contributed by atoms with Gasteiger partial charge in [0.15, 0.2) is 0 Å². The fourth-order valence-corrected chi connectivity index (χ4v) is 6.81. The van der Waals surface area contributed by atoms with Gasteiger partial charge in [-0.05, 0) is 41.3 Å². The van der Waals surface area contributed by atoms with E-state index in [2.05, 4.69) is 35.8 Å². The zero-order valence-electron chi connectivity index (χ0n) is 24.9. The van der Waals surface area contributed by atoms with Crippen molar-refractivity contribution in [3.63, 3.8) is 0 Å². The van der Waals surface area contributed by atoms with Crippen LogP contribution in [0.3, 0.4) is 0 Å². The summed E-state index contributed by atoms with van der Waals surface area (Å²) in [7, 11) is -20.9. The van der Waals surface area contributed by atoms with Crippen molar-refractivity contribution in [1.82, 2.24) is 15.0 Å². The normalized spacial score (nSPS) is 12.8. The summed E-state index contributed by atoms with van der Waals surface area (Å²) >= 11 is 5.91. The second-order valence-electron chi connectivity index (χ2n) is 9.73. The summed E-state index contributed by atoms with van der Waals surface area (Å²) in [6, 6.07) is 2.59. The topological polar surface area (TPSA) is 381 Å². The third-order valence-corrected chi connectivity index (χ3v) is 9.91. The molecule has 1 heterocycles. The summed E-state index contributed by atoms with van der Waals surface area (Å²) in [5.74, 6) is -1.71. The Kier molecular flexibility index (Phi) is 11.3. The van der Waals surface area contributed by atoms with Crippen LogP contribution in [0, 0.1) is 0 Å². The Bertz CT molecular complexity index is 2520. The first kappa shape index (κ1) is 39.4. The van der Waals surface area contributed by atoms with E-state index in [1.807, 2.05) is 0 Å². The molecule has 0 aliphatic rings. The lowest BCUT2D eigenvalue weighted by Gasteiger charge is -2.14. The van der Waals surface area contributed by atoms with E-state index in [4.69, 9.17) is 27.2 Å². The number of nitrogen functional groups attached to an aromatic ring is 1. The molecule has 1 aromatic heterocycles. The molecule has 0 aliphatic heterocycles. The van der Waals surface area contributed by atoms with Crippen molar-refractivity contribution < 1.29 is 66.8 Å². The highest BCUT2D eigenvalue weighted by molar-refractivity contribution is 7.87. The van der Waals surface area contributed by atoms with Gasteiger partial charge < -0.3 is 31.3 Å². The number of nitrogens with one attached hydrogen (secondary N) is 2. The van der Waals surface area contributed by atoms with Gasteiger partial charge in [0.2, 0.25) is 17.2 Å². The van der Waals surface area contributed by atoms with Gasteiger partial charge >= 0.3 is 0 Å². The second-order valence-corrected chi connectivity index (χ2v) is 15.7. The fourth-order valence-electron chi connectivity index (χ4n) is 4.19. The smallest absolute Gasteiger partial charge is 0.296 e. The predicted octanol–water partition coefficient (Wildman–Crippen LogP) is 1.53. The Labute approximate surface area is 292 Å². The van der Waals surface area contributed by atoms with Gasteiger partial charge in [0, 0.05) is 12.6 Å². The van der Waals surface area contributed by atoms with Crippen LogP contribution in [0.25, 0.3) is 10.8 Å². The number of nitrogens with two attached hydrogens (primary N) is 1. The van der Waals surface area contributed by atoms with E-state index in [1.54, 1.807) is 0 Å². The zero-order valence-corrected chi connectivity index (χ0v) is 28.9. The van der Waals surface area contributed by atoms with Crippen LogP contribution in [-0.4, -0.2) is 103 Å². The number of phenols is 1. The summed E-state index contributed by atoms with van der Waals surface area (Å²) in [6.07, 6.45) is 0. The first-order valence-corrected chi connectivity index (χ1v) is 19.3. The van der Waals surface area contributed by atoms with E-state index < -0.39 is 111 Å². The van der Waals surface area contributed by atoms with Crippen LogP contribution in [0.2, 0.25) is 5.28 Å². The number of aromatic nitrogens is 3. The number of nitrogens with zero attached hydrogens (tertiary/aromatic N) is 5. The van der Waals surface area contributed by atoms with Gasteiger partial charge in [-0.15, -0.1) is 10.2 Å². The van der Waals surface area contributed by atoms with Gasteiger partial charge in [-0.1, -0.05) is 0 Å². The number of anilines is 4. The molecule has 0 spiro atoms. The molecule has 0 aliphatic carbocycles. The van der Waals surface area contributed by atoms with Crippen molar-refractivity contribution in [2.24, 2.45) is 10.2 Å². The van der Waals surface area contributed by atoms with Crippen LogP contribution in [-0.2, 0) is 45.2 Å². The average molecular weight is 815 g/mol.